The Morgan fingerprint density at radius 1 is 0.939 bits per heavy atom. The van der Waals surface area contributed by atoms with Gasteiger partial charge in [-0.3, -0.25) is 0 Å². The van der Waals surface area contributed by atoms with Gasteiger partial charge in [0.2, 0.25) is 17.8 Å². The molecular formula is C21H26Br2N10. The highest BCUT2D eigenvalue weighted by molar-refractivity contribution is 9.11. The number of halogens is 2. The zero-order chi connectivity index (χ0) is 22.8. The van der Waals surface area contributed by atoms with Crippen molar-refractivity contribution in [2.45, 2.75) is 18.9 Å². The number of piperazine rings is 1. The smallest absolute Gasteiger partial charge is 0.232 e. The molecule has 5 rings (SSSR count). The molecule has 1 aliphatic heterocycles. The van der Waals surface area contributed by atoms with E-state index >= 15 is 0 Å². The molecule has 174 valence electrons. The Morgan fingerprint density at radius 2 is 1.70 bits per heavy atom. The van der Waals surface area contributed by atoms with Crippen LogP contribution in [-0.2, 0) is 0 Å². The Labute approximate surface area is 209 Å². The zero-order valence-electron chi connectivity index (χ0n) is 18.4. The summed E-state index contributed by atoms with van der Waals surface area (Å²) >= 11 is 7.11. The van der Waals surface area contributed by atoms with Crippen molar-refractivity contribution in [1.29, 1.82) is 0 Å². The Balaban J connectivity index is 1.25. The second kappa shape index (κ2) is 9.90. The summed E-state index contributed by atoms with van der Waals surface area (Å²) in [6.07, 6.45) is 3.91. The molecule has 12 heteroatoms. The minimum Gasteiger partial charge on any atom is -0.368 e. The lowest BCUT2D eigenvalue weighted by molar-refractivity contribution is 0.311. The summed E-state index contributed by atoms with van der Waals surface area (Å²) in [5.41, 5.74) is 0.869. The molecule has 1 aromatic carbocycles. The molecule has 3 heterocycles. The fourth-order valence-corrected chi connectivity index (χ4v) is 4.98. The maximum Gasteiger partial charge on any atom is 0.232 e. The van der Waals surface area contributed by atoms with Crippen molar-refractivity contribution >= 4 is 66.4 Å². The molecular weight excluding hydrogens is 552 g/mol. The topological polar surface area (TPSA) is 107 Å². The van der Waals surface area contributed by atoms with Crippen molar-refractivity contribution in [3.63, 3.8) is 0 Å². The second-order valence-electron chi connectivity index (χ2n) is 8.35. The summed E-state index contributed by atoms with van der Waals surface area (Å²) in [6, 6.07) is 4.47. The van der Waals surface area contributed by atoms with Crippen molar-refractivity contribution in [2.75, 3.05) is 67.2 Å². The fourth-order valence-electron chi connectivity index (χ4n) is 3.65. The fraction of sp³-hybridized carbons (Fsp3) is 0.476. The molecule has 2 aliphatic rings. The van der Waals surface area contributed by atoms with Crippen LogP contribution in [0.1, 0.15) is 12.8 Å². The predicted molar refractivity (Wildman–Crippen MR) is 138 cm³/mol. The van der Waals surface area contributed by atoms with Crippen LogP contribution < -0.4 is 20.9 Å². The molecule has 33 heavy (non-hydrogen) atoms. The van der Waals surface area contributed by atoms with Crippen LogP contribution >= 0.6 is 31.9 Å². The van der Waals surface area contributed by atoms with Crippen molar-refractivity contribution in [1.82, 2.24) is 29.8 Å². The van der Waals surface area contributed by atoms with Crippen molar-refractivity contribution < 1.29 is 0 Å². The highest BCUT2D eigenvalue weighted by Crippen LogP contribution is 2.30. The average molecular weight is 578 g/mol. The van der Waals surface area contributed by atoms with Gasteiger partial charge in [0.1, 0.15) is 12.1 Å². The van der Waals surface area contributed by atoms with Gasteiger partial charge in [0.25, 0.3) is 0 Å². The first-order valence-electron chi connectivity index (χ1n) is 11.1. The van der Waals surface area contributed by atoms with E-state index in [1.165, 1.54) is 12.8 Å². The third-order valence-electron chi connectivity index (χ3n) is 5.68. The molecule has 0 radical (unpaired) electrons. The molecule has 2 aromatic heterocycles. The molecule has 0 spiro atoms. The molecule has 1 saturated carbocycles. The summed E-state index contributed by atoms with van der Waals surface area (Å²) < 4.78 is 1.89. The minimum absolute atomic E-state index is 0.479. The second-order valence-corrected chi connectivity index (χ2v) is 10.1. The Hall–Kier alpha value is -2.31. The number of benzene rings is 1. The molecule has 2 fully saturated rings. The number of rotatable bonds is 8. The number of aromatic nitrogens is 5. The summed E-state index contributed by atoms with van der Waals surface area (Å²) in [4.78, 5) is 27.3. The van der Waals surface area contributed by atoms with Crippen LogP contribution in [-0.4, -0.2) is 82.2 Å². The standard InChI is InChI=1S/C21H26Br2N10/c1-32-6-8-33(9-7-32)21-30-19(29-20(31-21)28-14-2-3-14)25-5-4-24-18-15-10-13(22)11-16(23)17(15)26-12-27-18/h10-12,14H,2-9H2,1H3,(H,24,26,27)(H2,25,28,29,30,31). The quantitative estimate of drug-likeness (QED) is 0.345. The van der Waals surface area contributed by atoms with Gasteiger partial charge in [0, 0.05) is 59.6 Å². The lowest BCUT2D eigenvalue weighted by Crippen LogP contribution is -2.45. The number of hydrogen-bond donors (Lipinski definition) is 3. The van der Waals surface area contributed by atoms with Gasteiger partial charge in [-0.25, -0.2) is 9.97 Å². The van der Waals surface area contributed by atoms with Gasteiger partial charge in [-0.2, -0.15) is 15.0 Å². The Morgan fingerprint density at radius 3 is 2.48 bits per heavy atom. The average Bonchev–Trinajstić information content (AvgIpc) is 3.61. The maximum absolute atomic E-state index is 4.70. The SMILES string of the molecule is CN1CCN(c2nc(NCCNc3ncnc4c(Br)cc(Br)cc34)nc(NC3CC3)n2)CC1. The van der Waals surface area contributed by atoms with Gasteiger partial charge >= 0.3 is 0 Å². The lowest BCUT2D eigenvalue weighted by atomic mass is 10.2. The molecule has 10 nitrogen and oxygen atoms in total. The van der Waals surface area contributed by atoms with Gasteiger partial charge in [-0.05, 0) is 48.0 Å². The minimum atomic E-state index is 0.479. The van der Waals surface area contributed by atoms with Crippen LogP contribution in [0.2, 0.25) is 0 Å². The number of nitrogens with zero attached hydrogens (tertiary/aromatic N) is 7. The first-order valence-corrected chi connectivity index (χ1v) is 12.7. The van der Waals surface area contributed by atoms with E-state index in [0.717, 1.165) is 57.8 Å². The van der Waals surface area contributed by atoms with Gasteiger partial charge in [-0.15, -0.1) is 0 Å². The van der Waals surface area contributed by atoms with Crippen LogP contribution in [0, 0.1) is 0 Å². The zero-order valence-corrected chi connectivity index (χ0v) is 21.5. The largest absolute Gasteiger partial charge is 0.368 e. The van der Waals surface area contributed by atoms with E-state index in [-0.39, 0.29) is 0 Å². The summed E-state index contributed by atoms with van der Waals surface area (Å²) in [7, 11) is 2.14. The van der Waals surface area contributed by atoms with Gasteiger partial charge < -0.3 is 25.8 Å². The van der Waals surface area contributed by atoms with E-state index in [0.29, 0.717) is 31.0 Å². The summed E-state index contributed by atoms with van der Waals surface area (Å²) in [5.74, 6) is 2.75. The van der Waals surface area contributed by atoms with Gasteiger partial charge in [-0.1, -0.05) is 15.9 Å². The lowest BCUT2D eigenvalue weighted by Gasteiger charge is -2.32. The van der Waals surface area contributed by atoms with Crippen LogP contribution in [0.25, 0.3) is 10.9 Å². The Kier molecular flexibility index (Phi) is 6.74. The molecule has 0 amide bonds. The van der Waals surface area contributed by atoms with Gasteiger partial charge in [0.05, 0.1) is 5.52 Å². The molecule has 3 aromatic rings. The molecule has 0 bridgehead atoms. The first-order chi connectivity index (χ1) is 16.0. The highest BCUT2D eigenvalue weighted by Gasteiger charge is 2.24. The van der Waals surface area contributed by atoms with E-state index in [1.54, 1.807) is 6.33 Å². The predicted octanol–water partition coefficient (Wildman–Crippen LogP) is 3.19. The van der Waals surface area contributed by atoms with E-state index in [2.05, 4.69) is 84.6 Å². The van der Waals surface area contributed by atoms with Crippen molar-refractivity contribution in [3.8, 4) is 0 Å². The Bertz CT molecular complexity index is 1130. The monoisotopic (exact) mass is 576 g/mol. The molecule has 1 saturated heterocycles. The summed E-state index contributed by atoms with van der Waals surface area (Å²) in [6.45, 7) is 5.12. The number of anilines is 4. The third kappa shape index (κ3) is 5.61. The molecule has 0 unspecified atom stereocenters. The van der Waals surface area contributed by atoms with Gasteiger partial charge in [0.15, 0.2) is 0 Å². The van der Waals surface area contributed by atoms with Crippen LogP contribution in [0.3, 0.4) is 0 Å². The van der Waals surface area contributed by atoms with Crippen LogP contribution in [0.4, 0.5) is 23.7 Å². The van der Waals surface area contributed by atoms with Crippen LogP contribution in [0.15, 0.2) is 27.4 Å². The van der Waals surface area contributed by atoms with Crippen molar-refractivity contribution in [2.24, 2.45) is 0 Å². The third-order valence-corrected chi connectivity index (χ3v) is 6.74. The van der Waals surface area contributed by atoms with Crippen LogP contribution in [0.5, 0.6) is 0 Å². The maximum atomic E-state index is 4.70. The number of fused-ring (bicyclic) bond motifs is 1. The van der Waals surface area contributed by atoms with E-state index in [4.69, 9.17) is 4.98 Å². The van der Waals surface area contributed by atoms with E-state index in [9.17, 15) is 0 Å². The molecule has 0 atom stereocenters. The molecule has 3 N–H and O–H groups in total. The number of hydrogen-bond acceptors (Lipinski definition) is 10. The van der Waals surface area contributed by atoms with E-state index in [1.807, 2.05) is 12.1 Å². The first kappa shape index (κ1) is 22.5. The van der Waals surface area contributed by atoms with E-state index < -0.39 is 0 Å². The van der Waals surface area contributed by atoms with Crippen molar-refractivity contribution in [3.05, 3.63) is 27.4 Å². The number of likely N-dealkylation sites (N-methyl/N-ethyl adjacent to an activating group) is 1. The highest BCUT2D eigenvalue weighted by atomic mass is 79.9. The summed E-state index contributed by atoms with van der Waals surface area (Å²) in [5, 5.41) is 11.1. The number of nitrogens with one attached hydrogen (secondary N) is 3. The molecule has 1 aliphatic carbocycles. The normalized spacial score (nSPS) is 16.8.